The number of benzene rings is 1. The number of hydrogen-bond acceptors (Lipinski definition) is 11. The van der Waals surface area contributed by atoms with Crippen LogP contribution < -0.4 is 19.7 Å². The molecule has 2 aromatic heterocycles. The molecule has 0 saturated carbocycles. The average molecular weight is 726 g/mol. The van der Waals surface area contributed by atoms with Crippen LogP contribution in [-0.2, 0) is 14.3 Å². The van der Waals surface area contributed by atoms with Gasteiger partial charge in [0.1, 0.15) is 40.7 Å². The number of hydrogen-bond donors (Lipinski definition) is 1. The van der Waals surface area contributed by atoms with Crippen LogP contribution in [0.1, 0.15) is 63.4 Å². The summed E-state index contributed by atoms with van der Waals surface area (Å²) in [4.78, 5) is 49.6. The van der Waals surface area contributed by atoms with Crippen molar-refractivity contribution >= 4 is 46.2 Å². The molecule has 0 aliphatic carbocycles. The number of nitrogens with zero attached hydrogens (tertiary/aromatic N) is 6. The number of esters is 1. The van der Waals surface area contributed by atoms with Gasteiger partial charge < -0.3 is 34.1 Å². The number of carbonyl (C=O) groups excluding carboxylic acids is 3. The van der Waals surface area contributed by atoms with Crippen molar-refractivity contribution in [3.63, 3.8) is 0 Å². The number of piperidine rings is 2. The molecule has 14 nitrogen and oxygen atoms in total. The van der Waals surface area contributed by atoms with E-state index in [0.717, 1.165) is 64.8 Å². The van der Waals surface area contributed by atoms with E-state index in [1.807, 2.05) is 20.8 Å². The van der Waals surface area contributed by atoms with Crippen LogP contribution in [0.5, 0.6) is 11.5 Å². The summed E-state index contributed by atoms with van der Waals surface area (Å²) in [5.41, 5.74) is 1.07. The largest absolute Gasteiger partial charge is 0.494 e. The second kappa shape index (κ2) is 15.6. The Balaban J connectivity index is 1.09. The molecule has 2 saturated heterocycles. The van der Waals surface area contributed by atoms with Crippen molar-refractivity contribution in [2.75, 3.05) is 71.5 Å². The number of methoxy groups -OCH3 is 1. The molecule has 51 heavy (non-hydrogen) atoms. The zero-order valence-electron chi connectivity index (χ0n) is 30.1. The molecule has 2 amide bonds. The van der Waals surface area contributed by atoms with Crippen LogP contribution in [0.25, 0.3) is 16.6 Å². The number of anilines is 1. The fourth-order valence-corrected chi connectivity index (χ4v) is 6.90. The number of aromatic nitrogens is 3. The second-order valence-electron chi connectivity index (χ2n) is 14.4. The van der Waals surface area contributed by atoms with Crippen LogP contribution in [0.15, 0.2) is 24.4 Å². The summed E-state index contributed by atoms with van der Waals surface area (Å²) in [6.45, 7) is 10.8. The molecule has 0 bridgehead atoms. The predicted octanol–water partition coefficient (Wildman–Crippen LogP) is 4.69. The Kier molecular flexibility index (Phi) is 11.2. The van der Waals surface area contributed by atoms with Crippen LogP contribution >= 0.6 is 11.6 Å². The van der Waals surface area contributed by atoms with Crippen molar-refractivity contribution in [2.24, 2.45) is 5.92 Å². The molecule has 0 atom stereocenters. The van der Waals surface area contributed by atoms with Gasteiger partial charge in [0, 0.05) is 44.0 Å². The van der Waals surface area contributed by atoms with Gasteiger partial charge in [-0.3, -0.25) is 14.5 Å². The van der Waals surface area contributed by atoms with E-state index < -0.39 is 11.7 Å². The van der Waals surface area contributed by atoms with Crippen molar-refractivity contribution in [3.05, 3.63) is 35.2 Å². The Hall–Kier alpha value is -4.14. The number of likely N-dealkylation sites (tertiary alicyclic amines) is 2. The van der Waals surface area contributed by atoms with E-state index in [1.165, 1.54) is 18.2 Å². The summed E-state index contributed by atoms with van der Waals surface area (Å²) < 4.78 is 24.8. The van der Waals surface area contributed by atoms with Crippen LogP contribution in [0.4, 0.5) is 10.5 Å². The van der Waals surface area contributed by atoms with Gasteiger partial charge in [0.15, 0.2) is 5.69 Å². The summed E-state index contributed by atoms with van der Waals surface area (Å²) in [6.07, 6.45) is 5.20. The Morgan fingerprint density at radius 3 is 2.47 bits per heavy atom. The molecule has 1 aromatic carbocycles. The molecule has 3 aromatic rings. The van der Waals surface area contributed by atoms with E-state index in [4.69, 9.17) is 35.6 Å². The van der Waals surface area contributed by atoms with Crippen LogP contribution in [0, 0.1) is 5.92 Å². The number of carbonyl (C=O) groups is 3. The molecule has 1 N–H and O–H groups in total. The van der Waals surface area contributed by atoms with E-state index in [1.54, 1.807) is 22.9 Å². The third kappa shape index (κ3) is 8.67. The number of pyridine rings is 1. The highest BCUT2D eigenvalue weighted by molar-refractivity contribution is 6.30. The van der Waals surface area contributed by atoms with E-state index in [2.05, 4.69) is 27.1 Å². The normalized spacial score (nSPS) is 17.9. The minimum Gasteiger partial charge on any atom is -0.494 e. The van der Waals surface area contributed by atoms with E-state index in [0.29, 0.717) is 46.9 Å². The lowest BCUT2D eigenvalue weighted by Crippen LogP contribution is -2.41. The van der Waals surface area contributed by atoms with Gasteiger partial charge in [0.25, 0.3) is 5.91 Å². The van der Waals surface area contributed by atoms with Gasteiger partial charge in [-0.2, -0.15) is 5.10 Å². The Morgan fingerprint density at radius 1 is 1.02 bits per heavy atom. The summed E-state index contributed by atoms with van der Waals surface area (Å²) in [5.74, 6) is 0.395. The molecule has 0 radical (unpaired) electrons. The Labute approximate surface area is 303 Å². The highest BCUT2D eigenvalue weighted by atomic mass is 35.5. The molecule has 3 aliphatic heterocycles. The van der Waals surface area contributed by atoms with Crippen LogP contribution in [0.3, 0.4) is 0 Å². The molecular formula is C36H48ClN7O7. The van der Waals surface area contributed by atoms with E-state index in [-0.39, 0.29) is 41.4 Å². The number of amides is 2. The first-order chi connectivity index (χ1) is 24.4. The molecule has 15 heteroatoms. The average Bonchev–Trinajstić information content (AvgIpc) is 3.48. The maximum atomic E-state index is 13.5. The van der Waals surface area contributed by atoms with Crippen molar-refractivity contribution in [1.29, 1.82) is 0 Å². The van der Waals surface area contributed by atoms with Gasteiger partial charge in [-0.05, 0) is 79.6 Å². The minimum absolute atomic E-state index is 0.0393. The van der Waals surface area contributed by atoms with Gasteiger partial charge in [-0.15, -0.1) is 0 Å². The highest BCUT2D eigenvalue weighted by Gasteiger charge is 2.32. The molecular weight excluding hydrogens is 678 g/mol. The molecule has 6 rings (SSSR count). The number of ether oxygens (including phenoxy) is 4. The van der Waals surface area contributed by atoms with Gasteiger partial charge >= 0.3 is 12.1 Å². The fraction of sp³-hybridized carbons (Fsp3) is 0.583. The zero-order valence-corrected chi connectivity index (χ0v) is 30.8. The van der Waals surface area contributed by atoms with E-state index in [9.17, 15) is 14.4 Å². The van der Waals surface area contributed by atoms with Crippen LogP contribution in [-0.4, -0.2) is 121 Å². The lowest BCUT2D eigenvalue weighted by atomic mass is 9.96. The third-order valence-electron chi connectivity index (χ3n) is 9.52. The van der Waals surface area contributed by atoms with E-state index >= 15 is 0 Å². The molecule has 3 aliphatic rings. The third-order valence-corrected chi connectivity index (χ3v) is 9.73. The molecule has 5 heterocycles. The van der Waals surface area contributed by atoms with Gasteiger partial charge in [-0.25, -0.2) is 14.5 Å². The second-order valence-corrected chi connectivity index (χ2v) is 14.8. The molecule has 0 unspecified atom stereocenters. The van der Waals surface area contributed by atoms with Gasteiger partial charge in [0.2, 0.25) is 0 Å². The smallest absolute Gasteiger partial charge is 0.415 e. The highest BCUT2D eigenvalue weighted by Crippen LogP contribution is 2.41. The predicted molar refractivity (Wildman–Crippen MR) is 192 cm³/mol. The Morgan fingerprint density at radius 2 is 1.76 bits per heavy atom. The van der Waals surface area contributed by atoms with Gasteiger partial charge in [0.05, 0.1) is 36.2 Å². The lowest BCUT2D eigenvalue weighted by Gasteiger charge is -2.33. The topological polar surface area (TPSA) is 141 Å². The molecule has 2 fully saturated rings. The summed E-state index contributed by atoms with van der Waals surface area (Å²) in [7, 11) is 3.61. The maximum Gasteiger partial charge on any atom is 0.415 e. The van der Waals surface area contributed by atoms with Crippen LogP contribution in [0.2, 0.25) is 5.15 Å². The quantitative estimate of drug-likeness (QED) is 0.187. The monoisotopic (exact) mass is 725 g/mol. The fourth-order valence-electron chi connectivity index (χ4n) is 6.75. The standard InChI is InChI=1S/C36H48ClN7O7/c1-36(2,3)51-35(47)43-17-18-49-30-20-28(29(48-5)19-27(30)43)44-26-21-31(37)39-22-25(26)32(40-44)33(45)38-11-6-12-42-15-7-23(8-16-42)34(46)50-24-9-13-41(4)14-10-24/h19-24H,6-18H2,1-5H3,(H,38,45). The van der Waals surface area contributed by atoms with Crippen molar-refractivity contribution < 1.29 is 33.3 Å². The molecule has 276 valence electrons. The van der Waals surface area contributed by atoms with Crippen molar-refractivity contribution in [2.45, 2.75) is 64.6 Å². The number of rotatable bonds is 9. The first-order valence-electron chi connectivity index (χ1n) is 17.7. The summed E-state index contributed by atoms with van der Waals surface area (Å²) in [6, 6.07) is 5.07. The number of nitrogens with one attached hydrogen (secondary N) is 1. The Bertz CT molecular complexity index is 1740. The first kappa shape index (κ1) is 36.6. The number of fused-ring (bicyclic) bond motifs is 2. The number of halogens is 1. The summed E-state index contributed by atoms with van der Waals surface area (Å²) in [5, 5.41) is 8.47. The SMILES string of the molecule is COc1cc2c(cc1-n1nc(C(=O)NCCCN3CCC(C(=O)OC4CCN(C)CC4)CC3)c3cnc(Cl)cc31)OCCN2C(=O)OC(C)(C)C. The van der Waals surface area contributed by atoms with Crippen molar-refractivity contribution in [3.8, 4) is 17.2 Å². The maximum absolute atomic E-state index is 13.5. The van der Waals surface area contributed by atoms with Crippen molar-refractivity contribution in [1.82, 2.24) is 29.9 Å². The lowest BCUT2D eigenvalue weighted by molar-refractivity contribution is -0.157. The first-order valence-corrected chi connectivity index (χ1v) is 18.1. The van der Waals surface area contributed by atoms with Gasteiger partial charge in [-0.1, -0.05) is 11.6 Å². The summed E-state index contributed by atoms with van der Waals surface area (Å²) >= 11 is 6.32. The zero-order chi connectivity index (χ0) is 36.3. The molecule has 0 spiro atoms. The minimum atomic E-state index is -0.668.